The highest BCUT2D eigenvalue weighted by molar-refractivity contribution is 6.31. The van der Waals surface area contributed by atoms with E-state index in [0.717, 1.165) is 16.8 Å². The van der Waals surface area contributed by atoms with Crippen molar-refractivity contribution in [2.45, 2.75) is 27.0 Å². The molecule has 3 nitrogen and oxygen atoms in total. The average Bonchev–Trinajstić information content (AvgIpc) is 2.69. The van der Waals surface area contributed by atoms with Gasteiger partial charge in [0, 0.05) is 23.3 Å². The Morgan fingerprint density at radius 3 is 2.29 bits per heavy atom. The summed E-state index contributed by atoms with van der Waals surface area (Å²) in [7, 11) is 0. The highest BCUT2D eigenvalue weighted by atomic mass is 35.5. The first-order valence-corrected chi connectivity index (χ1v) is 9.56. The Bertz CT molecular complexity index is 911. The van der Waals surface area contributed by atoms with E-state index < -0.39 is 0 Å². The molecule has 0 aromatic heterocycles. The van der Waals surface area contributed by atoms with Gasteiger partial charge in [-0.2, -0.15) is 0 Å². The van der Waals surface area contributed by atoms with Crippen LogP contribution in [0.25, 0.3) is 0 Å². The first-order chi connectivity index (χ1) is 13.5. The minimum Gasteiger partial charge on any atom is -0.490 e. The summed E-state index contributed by atoms with van der Waals surface area (Å²) >= 11 is 6.47. The first-order valence-electron chi connectivity index (χ1n) is 9.18. The van der Waals surface area contributed by atoms with E-state index in [1.807, 2.05) is 25.1 Å². The molecule has 0 saturated heterocycles. The minimum atomic E-state index is -0.271. The van der Waals surface area contributed by atoms with Crippen LogP contribution >= 0.6 is 11.6 Å². The fourth-order valence-electron chi connectivity index (χ4n) is 2.70. The van der Waals surface area contributed by atoms with Crippen molar-refractivity contribution in [3.63, 3.8) is 0 Å². The Morgan fingerprint density at radius 2 is 1.61 bits per heavy atom. The highest BCUT2D eigenvalue weighted by Gasteiger charge is 2.12. The summed E-state index contributed by atoms with van der Waals surface area (Å²) in [6.07, 6.45) is 0. The third-order valence-electron chi connectivity index (χ3n) is 4.25. The third-order valence-corrected chi connectivity index (χ3v) is 4.61. The van der Waals surface area contributed by atoms with Crippen LogP contribution in [-0.2, 0) is 13.2 Å². The van der Waals surface area contributed by atoms with Crippen molar-refractivity contribution in [3.05, 3.63) is 88.2 Å². The summed E-state index contributed by atoms with van der Waals surface area (Å²) in [6, 6.07) is 18.1. The van der Waals surface area contributed by atoms with Crippen LogP contribution in [0, 0.1) is 12.7 Å². The molecule has 0 fully saturated rings. The van der Waals surface area contributed by atoms with Gasteiger partial charge in [-0.25, -0.2) is 4.39 Å². The lowest BCUT2D eigenvalue weighted by molar-refractivity contribution is 0.269. The zero-order chi connectivity index (χ0) is 19.9. The molecule has 5 heteroatoms. The highest BCUT2D eigenvalue weighted by Crippen LogP contribution is 2.34. The Hall–Kier alpha value is -2.72. The maximum absolute atomic E-state index is 13.0. The predicted octanol–water partition coefficient (Wildman–Crippen LogP) is 6.38. The molecule has 0 heterocycles. The van der Waals surface area contributed by atoms with Crippen LogP contribution in [0.4, 0.5) is 10.1 Å². The summed E-state index contributed by atoms with van der Waals surface area (Å²) in [6.45, 7) is 5.36. The molecule has 0 aliphatic heterocycles. The van der Waals surface area contributed by atoms with E-state index in [1.165, 1.54) is 17.7 Å². The summed E-state index contributed by atoms with van der Waals surface area (Å²) < 4.78 is 24.7. The first kappa shape index (κ1) is 20.0. The lowest BCUT2D eigenvalue weighted by Crippen LogP contribution is -2.04. The van der Waals surface area contributed by atoms with Crippen molar-refractivity contribution >= 4 is 17.3 Å². The second-order valence-corrected chi connectivity index (χ2v) is 6.87. The molecule has 0 atom stereocenters. The molecule has 0 amide bonds. The van der Waals surface area contributed by atoms with Crippen molar-refractivity contribution in [1.29, 1.82) is 0 Å². The maximum atomic E-state index is 13.0. The van der Waals surface area contributed by atoms with E-state index in [0.29, 0.717) is 36.3 Å². The van der Waals surface area contributed by atoms with Crippen molar-refractivity contribution in [3.8, 4) is 11.5 Å². The number of ether oxygens (including phenoxy) is 2. The van der Waals surface area contributed by atoms with Gasteiger partial charge in [0.2, 0.25) is 0 Å². The summed E-state index contributed by atoms with van der Waals surface area (Å²) in [4.78, 5) is 0. The second-order valence-electron chi connectivity index (χ2n) is 6.46. The normalized spacial score (nSPS) is 10.6. The SMILES string of the molecule is CCOc1cc(CNc2ccc(C)cc2)c(Cl)cc1OCc1ccc(F)cc1. The molecule has 0 saturated carbocycles. The van der Waals surface area contributed by atoms with Crippen LogP contribution in [0.2, 0.25) is 5.02 Å². The van der Waals surface area contributed by atoms with Gasteiger partial charge in [-0.15, -0.1) is 0 Å². The molecule has 0 radical (unpaired) electrons. The Morgan fingerprint density at radius 1 is 0.929 bits per heavy atom. The van der Waals surface area contributed by atoms with Gasteiger partial charge < -0.3 is 14.8 Å². The quantitative estimate of drug-likeness (QED) is 0.477. The van der Waals surface area contributed by atoms with Crippen LogP contribution in [0.3, 0.4) is 0 Å². The van der Waals surface area contributed by atoms with Crippen LogP contribution in [0.15, 0.2) is 60.7 Å². The standard InChI is InChI=1S/C23H23ClFNO2/c1-3-27-22-12-18(14-26-20-10-4-16(2)5-11-20)21(24)13-23(22)28-15-17-6-8-19(25)9-7-17/h4-13,26H,3,14-15H2,1-2H3. The van der Waals surface area contributed by atoms with Gasteiger partial charge in [0.1, 0.15) is 12.4 Å². The maximum Gasteiger partial charge on any atom is 0.163 e. The smallest absolute Gasteiger partial charge is 0.163 e. The number of rotatable bonds is 8. The molecule has 0 unspecified atom stereocenters. The number of hydrogen-bond acceptors (Lipinski definition) is 3. The van der Waals surface area contributed by atoms with Crippen LogP contribution in [0.1, 0.15) is 23.6 Å². The topological polar surface area (TPSA) is 30.5 Å². The molecular formula is C23H23ClFNO2. The third kappa shape index (κ3) is 5.40. The number of hydrogen-bond donors (Lipinski definition) is 1. The molecule has 0 aliphatic carbocycles. The molecule has 3 aromatic rings. The van der Waals surface area contributed by atoms with Gasteiger partial charge in [-0.1, -0.05) is 41.4 Å². The lowest BCUT2D eigenvalue weighted by atomic mass is 10.1. The molecule has 0 bridgehead atoms. The molecule has 1 N–H and O–H groups in total. The molecule has 3 aromatic carbocycles. The largest absolute Gasteiger partial charge is 0.490 e. The Kier molecular flexibility index (Phi) is 6.77. The van der Waals surface area contributed by atoms with Crippen molar-refractivity contribution in [2.75, 3.05) is 11.9 Å². The average molecular weight is 400 g/mol. The van der Waals surface area contributed by atoms with Crippen molar-refractivity contribution in [2.24, 2.45) is 0 Å². The molecule has 3 rings (SSSR count). The number of halogens is 2. The molecule has 146 valence electrons. The van der Waals surface area contributed by atoms with Gasteiger partial charge in [-0.05, 0) is 55.3 Å². The summed E-state index contributed by atoms with van der Waals surface area (Å²) in [5.74, 6) is 0.928. The molecular weight excluding hydrogens is 377 g/mol. The predicted molar refractivity (Wildman–Crippen MR) is 112 cm³/mol. The van der Waals surface area contributed by atoms with Gasteiger partial charge in [0.25, 0.3) is 0 Å². The number of aryl methyl sites for hydroxylation is 1. The van der Waals surface area contributed by atoms with E-state index in [2.05, 4.69) is 24.4 Å². The fraction of sp³-hybridized carbons (Fsp3) is 0.217. The number of anilines is 1. The van der Waals surface area contributed by atoms with Crippen LogP contribution < -0.4 is 14.8 Å². The van der Waals surface area contributed by atoms with Crippen molar-refractivity contribution < 1.29 is 13.9 Å². The monoisotopic (exact) mass is 399 g/mol. The zero-order valence-corrected chi connectivity index (χ0v) is 16.7. The number of nitrogens with one attached hydrogen (secondary N) is 1. The molecule has 28 heavy (non-hydrogen) atoms. The van der Waals surface area contributed by atoms with E-state index in [1.54, 1.807) is 18.2 Å². The fourth-order valence-corrected chi connectivity index (χ4v) is 2.92. The van der Waals surface area contributed by atoms with Gasteiger partial charge in [0.05, 0.1) is 6.61 Å². The van der Waals surface area contributed by atoms with Crippen LogP contribution in [0.5, 0.6) is 11.5 Å². The van der Waals surface area contributed by atoms with E-state index in [4.69, 9.17) is 21.1 Å². The Balaban J connectivity index is 1.72. The van der Waals surface area contributed by atoms with E-state index in [-0.39, 0.29) is 5.82 Å². The van der Waals surface area contributed by atoms with E-state index in [9.17, 15) is 4.39 Å². The Labute approximate surface area is 170 Å². The van der Waals surface area contributed by atoms with E-state index >= 15 is 0 Å². The number of benzene rings is 3. The summed E-state index contributed by atoms with van der Waals surface area (Å²) in [5, 5.41) is 3.96. The van der Waals surface area contributed by atoms with Gasteiger partial charge in [0.15, 0.2) is 11.5 Å². The summed E-state index contributed by atoms with van der Waals surface area (Å²) in [5.41, 5.74) is 4.02. The molecule has 0 aliphatic rings. The molecule has 0 spiro atoms. The van der Waals surface area contributed by atoms with Gasteiger partial charge >= 0.3 is 0 Å². The second kappa shape index (κ2) is 9.47. The lowest BCUT2D eigenvalue weighted by Gasteiger charge is -2.16. The van der Waals surface area contributed by atoms with Crippen LogP contribution in [-0.4, -0.2) is 6.61 Å². The van der Waals surface area contributed by atoms with Crippen molar-refractivity contribution in [1.82, 2.24) is 0 Å². The minimum absolute atomic E-state index is 0.271. The zero-order valence-electron chi connectivity index (χ0n) is 16.0. The van der Waals surface area contributed by atoms with Gasteiger partial charge in [-0.3, -0.25) is 0 Å².